The molecule has 0 nitrogen and oxygen atoms in total. The first kappa shape index (κ1) is 6.62. The summed E-state index contributed by atoms with van der Waals surface area (Å²) in [5.74, 6) is 0. The summed E-state index contributed by atoms with van der Waals surface area (Å²) in [7, 11) is -0.0283. The summed E-state index contributed by atoms with van der Waals surface area (Å²) in [4.78, 5) is 0. The Bertz CT molecular complexity index is 187. The van der Waals surface area contributed by atoms with Crippen molar-refractivity contribution in [3.05, 3.63) is 17.5 Å². The molecule has 0 unspecified atom stereocenters. The first-order valence-electron chi connectivity index (χ1n) is 3.85. The van der Waals surface area contributed by atoms with Crippen LogP contribution < -0.4 is 4.50 Å². The minimum Gasteiger partial charge on any atom is -0.154 e. The van der Waals surface area contributed by atoms with Crippen LogP contribution >= 0.6 is 11.3 Å². The van der Waals surface area contributed by atoms with E-state index in [1.165, 1.54) is 24.9 Å². The van der Waals surface area contributed by atoms with Gasteiger partial charge in [-0.15, -0.1) is 0 Å². The normalized spacial score (nSPS) is 20.0. The van der Waals surface area contributed by atoms with E-state index in [0.717, 1.165) is 0 Å². The van der Waals surface area contributed by atoms with Crippen molar-refractivity contribution in [1.82, 2.24) is 0 Å². The molecule has 53 valence electrons. The maximum absolute atomic E-state index is 2.32. The largest absolute Gasteiger partial charge is 0.154 e. The van der Waals surface area contributed by atoms with Crippen LogP contribution in [0.5, 0.6) is 0 Å². The van der Waals surface area contributed by atoms with Gasteiger partial charge in [0, 0.05) is 0 Å². The number of hydrogen-bond donors (Lipinski definition) is 0. The van der Waals surface area contributed by atoms with E-state index in [9.17, 15) is 0 Å². The van der Waals surface area contributed by atoms with Crippen LogP contribution in [0.15, 0.2) is 17.5 Å². The molecule has 1 fully saturated rings. The first-order chi connectivity index (χ1) is 4.97. The fraction of sp³-hybridized carbons (Fsp3) is 0.500. The molecule has 0 aromatic carbocycles. The number of thiophene rings is 1. The van der Waals surface area contributed by atoms with Crippen molar-refractivity contribution in [2.24, 2.45) is 0 Å². The summed E-state index contributed by atoms with van der Waals surface area (Å²) in [6.07, 6.45) is 2.98. The molecule has 0 aliphatic carbocycles. The molecule has 1 radical (unpaired) electrons. The van der Waals surface area contributed by atoms with Crippen molar-refractivity contribution in [2.75, 3.05) is 0 Å². The van der Waals surface area contributed by atoms with Gasteiger partial charge in [-0.05, 0) is 9.88 Å². The second kappa shape index (κ2) is 2.89. The molecular weight excluding hydrogens is 156 g/mol. The van der Waals surface area contributed by atoms with Gasteiger partial charge < -0.3 is 0 Å². The maximum atomic E-state index is 2.32. The van der Waals surface area contributed by atoms with Crippen molar-refractivity contribution >= 4 is 24.6 Å². The molecular formula is C8H11SSi. The Morgan fingerprint density at radius 3 is 2.70 bits per heavy atom. The van der Waals surface area contributed by atoms with Gasteiger partial charge in [-0.1, -0.05) is 37.1 Å². The molecule has 0 bridgehead atoms. The second-order valence-corrected chi connectivity index (χ2v) is 6.84. The van der Waals surface area contributed by atoms with Crippen LogP contribution in [0.1, 0.15) is 12.8 Å². The third kappa shape index (κ3) is 1.18. The van der Waals surface area contributed by atoms with Crippen LogP contribution in [-0.4, -0.2) is 8.80 Å². The Labute approximate surface area is 67.5 Å². The predicted octanol–water partition coefficient (Wildman–Crippen LogP) is 2.24. The van der Waals surface area contributed by atoms with Gasteiger partial charge in [0.1, 0.15) is 0 Å². The lowest BCUT2D eigenvalue weighted by molar-refractivity contribution is 0.935. The predicted molar refractivity (Wildman–Crippen MR) is 48.6 cm³/mol. The number of rotatable bonds is 1. The van der Waals surface area contributed by atoms with Crippen molar-refractivity contribution in [3.63, 3.8) is 0 Å². The van der Waals surface area contributed by atoms with Gasteiger partial charge in [0.15, 0.2) is 0 Å². The molecule has 1 saturated heterocycles. The van der Waals surface area contributed by atoms with Crippen molar-refractivity contribution in [3.8, 4) is 0 Å². The lowest BCUT2D eigenvalue weighted by Crippen LogP contribution is -2.22. The molecule has 0 amide bonds. The summed E-state index contributed by atoms with van der Waals surface area (Å²) >= 11 is 1.97. The van der Waals surface area contributed by atoms with Crippen LogP contribution in [-0.2, 0) is 0 Å². The van der Waals surface area contributed by atoms with Crippen LogP contribution in [0.25, 0.3) is 0 Å². The Morgan fingerprint density at radius 1 is 1.30 bits per heavy atom. The molecule has 2 rings (SSSR count). The van der Waals surface area contributed by atoms with E-state index < -0.39 is 0 Å². The molecule has 1 aromatic heterocycles. The summed E-state index contributed by atoms with van der Waals surface area (Å²) in [6.45, 7) is 0. The minimum absolute atomic E-state index is 0.0283. The third-order valence-electron chi connectivity index (χ3n) is 2.08. The Hall–Kier alpha value is -0.0831. The zero-order chi connectivity index (χ0) is 6.81. The lowest BCUT2D eigenvalue weighted by Gasteiger charge is -2.00. The Morgan fingerprint density at radius 2 is 2.10 bits per heavy atom. The zero-order valence-corrected chi connectivity index (χ0v) is 7.79. The highest BCUT2D eigenvalue weighted by atomic mass is 32.1. The zero-order valence-electron chi connectivity index (χ0n) is 5.97. The summed E-state index contributed by atoms with van der Waals surface area (Å²) in [5, 5.41) is 2.21. The summed E-state index contributed by atoms with van der Waals surface area (Å²) < 4.78 is 1.71. The minimum atomic E-state index is -0.0283. The van der Waals surface area contributed by atoms with E-state index in [2.05, 4.69) is 17.5 Å². The summed E-state index contributed by atoms with van der Waals surface area (Å²) in [5.41, 5.74) is 0. The first-order valence-corrected chi connectivity index (χ1v) is 6.65. The summed E-state index contributed by atoms with van der Waals surface area (Å²) in [6, 6.07) is 7.58. The Balaban J connectivity index is 2.12. The second-order valence-electron chi connectivity index (χ2n) is 2.79. The van der Waals surface area contributed by atoms with Crippen molar-refractivity contribution < 1.29 is 0 Å². The molecule has 0 spiro atoms. The van der Waals surface area contributed by atoms with Crippen LogP contribution in [0.2, 0.25) is 12.1 Å². The van der Waals surface area contributed by atoms with Crippen molar-refractivity contribution in [2.45, 2.75) is 24.9 Å². The topological polar surface area (TPSA) is 0 Å². The molecule has 0 N–H and O–H groups in total. The van der Waals surface area contributed by atoms with E-state index in [-0.39, 0.29) is 8.80 Å². The molecule has 2 heterocycles. The van der Waals surface area contributed by atoms with E-state index in [0.29, 0.717) is 0 Å². The van der Waals surface area contributed by atoms with E-state index in [4.69, 9.17) is 0 Å². The van der Waals surface area contributed by atoms with Crippen LogP contribution in [0, 0.1) is 0 Å². The molecule has 1 aromatic rings. The lowest BCUT2D eigenvalue weighted by atomic mass is 10.4. The van der Waals surface area contributed by atoms with Gasteiger partial charge in [0.05, 0.1) is 8.80 Å². The average Bonchev–Trinajstić information content (AvgIpc) is 2.59. The van der Waals surface area contributed by atoms with Gasteiger partial charge in [-0.3, -0.25) is 0 Å². The highest BCUT2D eigenvalue weighted by Crippen LogP contribution is 2.20. The highest BCUT2D eigenvalue weighted by Gasteiger charge is 2.19. The van der Waals surface area contributed by atoms with Gasteiger partial charge in [-0.2, -0.15) is 11.3 Å². The van der Waals surface area contributed by atoms with Crippen molar-refractivity contribution in [1.29, 1.82) is 0 Å². The van der Waals surface area contributed by atoms with E-state index in [1.807, 2.05) is 11.3 Å². The number of hydrogen-bond acceptors (Lipinski definition) is 1. The fourth-order valence-corrected chi connectivity index (χ4v) is 5.90. The SMILES string of the molecule is c1csc([Si]2CCCC2)c1. The van der Waals surface area contributed by atoms with Gasteiger partial charge in [-0.25, -0.2) is 0 Å². The standard InChI is InChI=1S/C8H11SSi/c1-2-7-10(6-1)8-4-3-5-9-8/h3-5H,1-2,6-7H2. The quantitative estimate of drug-likeness (QED) is 0.563. The van der Waals surface area contributed by atoms with Gasteiger partial charge >= 0.3 is 0 Å². The van der Waals surface area contributed by atoms with Crippen LogP contribution in [0.3, 0.4) is 0 Å². The molecule has 2 heteroatoms. The molecule has 10 heavy (non-hydrogen) atoms. The van der Waals surface area contributed by atoms with Gasteiger partial charge in [0.25, 0.3) is 0 Å². The van der Waals surface area contributed by atoms with E-state index >= 15 is 0 Å². The highest BCUT2D eigenvalue weighted by molar-refractivity contribution is 7.22. The monoisotopic (exact) mass is 167 g/mol. The molecule has 1 aliphatic heterocycles. The molecule has 1 aliphatic rings. The maximum Gasteiger partial charge on any atom is 0.0992 e. The van der Waals surface area contributed by atoms with E-state index in [1.54, 1.807) is 4.50 Å². The molecule has 0 saturated carbocycles. The molecule has 0 atom stereocenters. The van der Waals surface area contributed by atoms with Crippen LogP contribution in [0.4, 0.5) is 0 Å². The fourth-order valence-electron chi connectivity index (χ4n) is 1.53. The third-order valence-corrected chi connectivity index (χ3v) is 6.76. The smallest absolute Gasteiger partial charge is 0.0992 e. The average molecular weight is 167 g/mol. The Kier molecular flexibility index (Phi) is 1.91. The van der Waals surface area contributed by atoms with Gasteiger partial charge in [0.2, 0.25) is 0 Å².